The van der Waals surface area contributed by atoms with Gasteiger partial charge in [0.25, 0.3) is 5.91 Å². The smallest absolute Gasteiger partial charge is 0.253 e. The van der Waals surface area contributed by atoms with Crippen LogP contribution in [0.15, 0.2) is 18.2 Å². The fourth-order valence-electron chi connectivity index (χ4n) is 4.87. The van der Waals surface area contributed by atoms with Gasteiger partial charge < -0.3 is 20.0 Å². The number of piperidine rings is 1. The van der Waals surface area contributed by atoms with Gasteiger partial charge in [0, 0.05) is 39.3 Å². The van der Waals surface area contributed by atoms with Gasteiger partial charge in [-0.1, -0.05) is 0 Å². The Morgan fingerprint density at radius 1 is 1.06 bits per heavy atom. The van der Waals surface area contributed by atoms with E-state index in [1.807, 2.05) is 12.1 Å². The summed E-state index contributed by atoms with van der Waals surface area (Å²) in [5.74, 6) is -0.325. The standard InChI is InChI=1S/C23H33N5O3/c1-25(2)22(30)17-8-9-18-20(15-17)28(23(31)19-7-3-4-13-27(18)19)16-21(29)24-10-14-26-11-5-6-12-26/h8-9,15,19H,3-7,10-14,16H2,1-2H3,(H,24,29). The van der Waals surface area contributed by atoms with Gasteiger partial charge >= 0.3 is 0 Å². The quantitative estimate of drug-likeness (QED) is 0.741. The van der Waals surface area contributed by atoms with Gasteiger partial charge in [0.05, 0.1) is 11.4 Å². The Labute approximate surface area is 184 Å². The van der Waals surface area contributed by atoms with E-state index < -0.39 is 0 Å². The van der Waals surface area contributed by atoms with E-state index in [2.05, 4.69) is 15.1 Å². The lowest BCUT2D eigenvalue weighted by atomic mass is 9.95. The van der Waals surface area contributed by atoms with Crippen LogP contribution in [-0.4, -0.2) is 86.9 Å². The molecule has 2 saturated heterocycles. The number of amides is 3. The molecule has 8 heteroatoms. The van der Waals surface area contributed by atoms with Gasteiger partial charge in [0.2, 0.25) is 11.8 Å². The van der Waals surface area contributed by atoms with Crippen molar-refractivity contribution in [3.63, 3.8) is 0 Å². The number of likely N-dealkylation sites (tertiary alicyclic amines) is 1. The van der Waals surface area contributed by atoms with Crippen molar-refractivity contribution >= 4 is 29.1 Å². The summed E-state index contributed by atoms with van der Waals surface area (Å²) in [6.07, 6.45) is 5.29. The van der Waals surface area contributed by atoms with Crippen LogP contribution >= 0.6 is 0 Å². The molecule has 0 radical (unpaired) electrons. The average Bonchev–Trinajstić information content (AvgIpc) is 3.29. The average molecular weight is 428 g/mol. The highest BCUT2D eigenvalue weighted by molar-refractivity contribution is 6.09. The summed E-state index contributed by atoms with van der Waals surface area (Å²) in [7, 11) is 3.42. The van der Waals surface area contributed by atoms with E-state index in [0.717, 1.165) is 51.1 Å². The molecule has 168 valence electrons. The predicted octanol–water partition coefficient (Wildman–Crippen LogP) is 1.31. The fourth-order valence-corrected chi connectivity index (χ4v) is 4.87. The Balaban J connectivity index is 1.54. The lowest BCUT2D eigenvalue weighted by molar-refractivity contribution is -0.125. The maximum atomic E-state index is 13.4. The molecule has 1 unspecified atom stereocenters. The molecule has 1 N–H and O–H groups in total. The molecular weight excluding hydrogens is 394 g/mol. The molecule has 0 aliphatic carbocycles. The van der Waals surface area contributed by atoms with Gasteiger partial charge in [0.1, 0.15) is 12.6 Å². The molecule has 3 amide bonds. The van der Waals surface area contributed by atoms with Gasteiger partial charge in [0.15, 0.2) is 0 Å². The Bertz CT molecular complexity index is 850. The number of hydrogen-bond acceptors (Lipinski definition) is 5. The zero-order chi connectivity index (χ0) is 22.0. The van der Waals surface area contributed by atoms with Crippen molar-refractivity contribution in [2.75, 3.05) is 63.2 Å². The van der Waals surface area contributed by atoms with Crippen LogP contribution in [0.4, 0.5) is 11.4 Å². The topological polar surface area (TPSA) is 76.2 Å². The summed E-state index contributed by atoms with van der Waals surface area (Å²) >= 11 is 0. The van der Waals surface area contributed by atoms with Gasteiger partial charge in [-0.05, 0) is 63.4 Å². The van der Waals surface area contributed by atoms with Crippen molar-refractivity contribution < 1.29 is 14.4 Å². The molecule has 1 atom stereocenters. The van der Waals surface area contributed by atoms with Crippen LogP contribution in [0.1, 0.15) is 42.5 Å². The molecule has 8 nitrogen and oxygen atoms in total. The summed E-state index contributed by atoms with van der Waals surface area (Å²) in [6, 6.07) is 5.28. The third-order valence-corrected chi connectivity index (χ3v) is 6.53. The number of carbonyl (C=O) groups excluding carboxylic acids is 3. The minimum atomic E-state index is -0.228. The van der Waals surface area contributed by atoms with E-state index in [-0.39, 0.29) is 30.3 Å². The third kappa shape index (κ3) is 4.54. The second-order valence-corrected chi connectivity index (χ2v) is 8.93. The maximum Gasteiger partial charge on any atom is 0.253 e. The Morgan fingerprint density at radius 3 is 2.55 bits per heavy atom. The second kappa shape index (κ2) is 9.26. The highest BCUT2D eigenvalue weighted by Gasteiger charge is 2.40. The molecular formula is C23H33N5O3. The molecule has 0 bridgehead atoms. The maximum absolute atomic E-state index is 13.4. The Kier molecular flexibility index (Phi) is 6.46. The first-order chi connectivity index (χ1) is 15.0. The van der Waals surface area contributed by atoms with Crippen molar-refractivity contribution in [1.82, 2.24) is 15.1 Å². The monoisotopic (exact) mass is 427 g/mol. The molecule has 1 aromatic carbocycles. The number of anilines is 2. The Hall–Kier alpha value is -2.61. The molecule has 4 rings (SSSR count). The summed E-state index contributed by atoms with van der Waals surface area (Å²) < 4.78 is 0. The van der Waals surface area contributed by atoms with Gasteiger partial charge in [-0.2, -0.15) is 0 Å². The number of carbonyl (C=O) groups is 3. The molecule has 3 aliphatic rings. The number of nitrogens with one attached hydrogen (secondary N) is 1. The van der Waals surface area contributed by atoms with E-state index in [0.29, 0.717) is 17.8 Å². The molecule has 0 spiro atoms. The first kappa shape index (κ1) is 21.6. The first-order valence-corrected chi connectivity index (χ1v) is 11.4. The van der Waals surface area contributed by atoms with Crippen LogP contribution in [0.5, 0.6) is 0 Å². The highest BCUT2D eigenvalue weighted by Crippen LogP contribution is 2.40. The molecule has 0 aromatic heterocycles. The minimum Gasteiger partial charge on any atom is -0.358 e. The molecule has 3 aliphatic heterocycles. The SMILES string of the molecule is CN(C)C(=O)c1ccc2c(c1)N(CC(=O)NCCN1CCCC1)C(=O)C1CCCCN21. The predicted molar refractivity (Wildman–Crippen MR) is 120 cm³/mol. The van der Waals surface area contributed by atoms with Crippen LogP contribution in [0.2, 0.25) is 0 Å². The van der Waals surface area contributed by atoms with Crippen LogP contribution in [-0.2, 0) is 9.59 Å². The van der Waals surface area contributed by atoms with Crippen molar-refractivity contribution in [2.45, 2.75) is 38.1 Å². The van der Waals surface area contributed by atoms with Crippen LogP contribution in [0, 0.1) is 0 Å². The molecule has 31 heavy (non-hydrogen) atoms. The van der Waals surface area contributed by atoms with Gasteiger partial charge in [-0.15, -0.1) is 0 Å². The van der Waals surface area contributed by atoms with E-state index in [4.69, 9.17) is 0 Å². The molecule has 2 fully saturated rings. The summed E-state index contributed by atoms with van der Waals surface area (Å²) in [4.78, 5) is 46.2. The normalized spacial score (nSPS) is 21.0. The van der Waals surface area contributed by atoms with Gasteiger partial charge in [-0.3, -0.25) is 19.3 Å². The Morgan fingerprint density at radius 2 is 1.81 bits per heavy atom. The van der Waals surface area contributed by atoms with Crippen LogP contribution in [0.3, 0.4) is 0 Å². The van der Waals surface area contributed by atoms with E-state index >= 15 is 0 Å². The van der Waals surface area contributed by atoms with Crippen LogP contribution in [0.25, 0.3) is 0 Å². The second-order valence-electron chi connectivity index (χ2n) is 8.93. The van der Waals surface area contributed by atoms with Crippen molar-refractivity contribution in [1.29, 1.82) is 0 Å². The first-order valence-electron chi connectivity index (χ1n) is 11.4. The van der Waals surface area contributed by atoms with Gasteiger partial charge in [-0.25, -0.2) is 0 Å². The largest absolute Gasteiger partial charge is 0.358 e. The lowest BCUT2D eigenvalue weighted by Gasteiger charge is -2.45. The van der Waals surface area contributed by atoms with E-state index in [1.54, 1.807) is 25.1 Å². The molecule has 3 heterocycles. The summed E-state index contributed by atoms with van der Waals surface area (Å²) in [5.41, 5.74) is 2.11. The van der Waals surface area contributed by atoms with Crippen molar-refractivity contribution in [3.05, 3.63) is 23.8 Å². The number of hydrogen-bond donors (Lipinski definition) is 1. The molecule has 0 saturated carbocycles. The number of nitrogens with zero attached hydrogens (tertiary/aromatic N) is 4. The lowest BCUT2D eigenvalue weighted by Crippen LogP contribution is -2.57. The van der Waals surface area contributed by atoms with Crippen molar-refractivity contribution in [2.24, 2.45) is 0 Å². The number of fused-ring (bicyclic) bond motifs is 3. The van der Waals surface area contributed by atoms with Crippen molar-refractivity contribution in [3.8, 4) is 0 Å². The summed E-state index contributed by atoms with van der Waals surface area (Å²) in [6.45, 7) is 4.41. The van der Waals surface area contributed by atoms with Crippen LogP contribution < -0.4 is 15.1 Å². The highest BCUT2D eigenvalue weighted by atomic mass is 16.2. The fraction of sp³-hybridized carbons (Fsp3) is 0.609. The minimum absolute atomic E-state index is 0.0181. The van der Waals surface area contributed by atoms with E-state index in [9.17, 15) is 14.4 Å². The third-order valence-electron chi connectivity index (χ3n) is 6.53. The number of rotatable bonds is 6. The molecule has 1 aromatic rings. The number of benzene rings is 1. The summed E-state index contributed by atoms with van der Waals surface area (Å²) in [5, 5.41) is 2.97. The zero-order valence-electron chi connectivity index (χ0n) is 18.6. The zero-order valence-corrected chi connectivity index (χ0v) is 18.6. The van der Waals surface area contributed by atoms with E-state index in [1.165, 1.54) is 17.7 Å².